The molecule has 0 aliphatic heterocycles. The third-order valence-corrected chi connectivity index (χ3v) is 4.20. The molecule has 3 N–H and O–H groups in total. The second-order valence-corrected chi connectivity index (χ2v) is 11.1. The lowest BCUT2D eigenvalue weighted by Crippen LogP contribution is -2.28. The highest BCUT2D eigenvalue weighted by atomic mass is 28.3. The third-order valence-electron chi connectivity index (χ3n) is 2.41. The van der Waals surface area contributed by atoms with Crippen molar-refractivity contribution in [1.82, 2.24) is 0 Å². The molecule has 0 fully saturated rings. The molecule has 1 unspecified atom stereocenters. The smallest absolute Gasteiger partial charge is 0.449 e. The van der Waals surface area contributed by atoms with Crippen molar-refractivity contribution in [2.75, 3.05) is 0 Å². The zero-order valence-corrected chi connectivity index (χ0v) is 12.6. The molecule has 0 aromatic heterocycles. The largest absolute Gasteiger partial charge is 0.513 e. The number of rotatable bonds is 6. The summed E-state index contributed by atoms with van der Waals surface area (Å²) in [6.07, 6.45) is -3.35. The van der Waals surface area contributed by atoms with E-state index in [0.29, 0.717) is 12.5 Å². The van der Waals surface area contributed by atoms with Crippen LogP contribution in [0.15, 0.2) is 0 Å². The molecule has 8 nitrogen and oxygen atoms in total. The number of esters is 1. The Morgan fingerprint density at radius 1 is 1.10 bits per heavy atom. The van der Waals surface area contributed by atoms with Gasteiger partial charge in [-0.1, -0.05) is 25.7 Å². The topological polar surface area (TPSA) is 134 Å². The molecule has 0 aliphatic rings. The van der Waals surface area contributed by atoms with Gasteiger partial charge in [0.05, 0.1) is 5.92 Å². The van der Waals surface area contributed by atoms with Crippen molar-refractivity contribution >= 4 is 32.3 Å². The average molecular weight is 305 g/mol. The second-order valence-electron chi connectivity index (χ2n) is 5.48. The Morgan fingerprint density at radius 2 is 1.60 bits per heavy atom. The van der Waals surface area contributed by atoms with E-state index >= 15 is 0 Å². The standard InChI is InChI=1S/C11H19NO7Si/c1-20(2,3)5-4-7(9(13)19-11(16)17)6-8(12)18-10(14)15/h7,12H,4-6H2,1-3H3,(H,14,15)(H,16,17). The highest BCUT2D eigenvalue weighted by molar-refractivity contribution is 6.76. The molecule has 0 spiro atoms. The van der Waals surface area contributed by atoms with E-state index < -0.39 is 38.2 Å². The number of carboxylic acid groups (broad SMARTS) is 2. The predicted octanol–water partition coefficient (Wildman–Crippen LogP) is 2.61. The Labute approximate surface area is 117 Å². The molecule has 0 rings (SSSR count). The first-order valence-corrected chi connectivity index (χ1v) is 9.65. The van der Waals surface area contributed by atoms with Crippen LogP contribution >= 0.6 is 0 Å². The number of ether oxygens (including phenoxy) is 2. The Hall–Kier alpha value is -1.90. The first kappa shape index (κ1) is 18.1. The third kappa shape index (κ3) is 9.08. The molecule has 0 aliphatic carbocycles. The molecule has 20 heavy (non-hydrogen) atoms. The van der Waals surface area contributed by atoms with Crippen LogP contribution in [0.3, 0.4) is 0 Å². The van der Waals surface area contributed by atoms with Crippen molar-refractivity contribution in [3.63, 3.8) is 0 Å². The fourth-order valence-electron chi connectivity index (χ4n) is 1.45. The first-order valence-electron chi connectivity index (χ1n) is 5.94. The summed E-state index contributed by atoms with van der Waals surface area (Å²) >= 11 is 0. The first-order chi connectivity index (χ1) is 9.01. The van der Waals surface area contributed by atoms with Gasteiger partial charge in [0.25, 0.3) is 0 Å². The average Bonchev–Trinajstić information content (AvgIpc) is 2.20. The van der Waals surface area contributed by atoms with Gasteiger partial charge in [0, 0.05) is 14.5 Å². The Bertz CT molecular complexity index is 402. The van der Waals surface area contributed by atoms with Crippen molar-refractivity contribution in [2.24, 2.45) is 5.92 Å². The molecule has 0 amide bonds. The summed E-state index contributed by atoms with van der Waals surface area (Å²) < 4.78 is 8.20. The van der Waals surface area contributed by atoms with Crippen molar-refractivity contribution < 1.29 is 34.1 Å². The maximum Gasteiger partial charge on any atom is 0.513 e. The van der Waals surface area contributed by atoms with Crippen LogP contribution < -0.4 is 0 Å². The van der Waals surface area contributed by atoms with Crippen LogP contribution in [0.4, 0.5) is 9.59 Å². The van der Waals surface area contributed by atoms with E-state index in [4.69, 9.17) is 15.6 Å². The van der Waals surface area contributed by atoms with Crippen LogP contribution in [0.2, 0.25) is 25.7 Å². The summed E-state index contributed by atoms with van der Waals surface area (Å²) in [5, 5.41) is 24.1. The normalized spacial score (nSPS) is 12.3. The molecule has 1 atom stereocenters. The minimum atomic E-state index is -1.72. The van der Waals surface area contributed by atoms with Gasteiger partial charge >= 0.3 is 18.3 Å². The van der Waals surface area contributed by atoms with Gasteiger partial charge in [-0.15, -0.1) is 0 Å². The lowest BCUT2D eigenvalue weighted by Gasteiger charge is -2.19. The monoisotopic (exact) mass is 305 g/mol. The summed E-state index contributed by atoms with van der Waals surface area (Å²) in [5.74, 6) is -2.50. The maximum atomic E-state index is 11.6. The fourth-order valence-corrected chi connectivity index (χ4v) is 2.67. The van der Waals surface area contributed by atoms with Gasteiger partial charge in [0.15, 0.2) is 5.90 Å². The molecule has 0 heterocycles. The van der Waals surface area contributed by atoms with Crippen LogP contribution in [0.25, 0.3) is 0 Å². The summed E-state index contributed by atoms with van der Waals surface area (Å²) in [6, 6.07) is 0.715. The van der Waals surface area contributed by atoms with E-state index in [-0.39, 0.29) is 6.42 Å². The summed E-state index contributed by atoms with van der Waals surface area (Å²) in [4.78, 5) is 32.3. The number of hydrogen-bond donors (Lipinski definition) is 3. The van der Waals surface area contributed by atoms with Crippen LogP contribution in [0.1, 0.15) is 12.8 Å². The highest BCUT2D eigenvalue weighted by Crippen LogP contribution is 2.21. The van der Waals surface area contributed by atoms with Crippen LogP contribution in [-0.4, -0.2) is 42.5 Å². The van der Waals surface area contributed by atoms with E-state index in [1.165, 1.54) is 0 Å². The zero-order chi connectivity index (χ0) is 15.9. The van der Waals surface area contributed by atoms with Gasteiger partial charge in [-0.3, -0.25) is 10.2 Å². The molecule has 114 valence electrons. The molecule has 9 heteroatoms. The molecule has 0 radical (unpaired) electrons. The lowest BCUT2D eigenvalue weighted by molar-refractivity contribution is -0.143. The van der Waals surface area contributed by atoms with E-state index in [1.807, 2.05) is 0 Å². The molecule has 0 aromatic rings. The Kier molecular flexibility index (Phi) is 6.90. The molecule has 0 saturated heterocycles. The van der Waals surface area contributed by atoms with Gasteiger partial charge in [-0.25, -0.2) is 9.59 Å². The van der Waals surface area contributed by atoms with Crippen LogP contribution in [0, 0.1) is 11.3 Å². The maximum absolute atomic E-state index is 11.6. The Balaban J connectivity index is 4.69. The number of hydrogen-bond acceptors (Lipinski definition) is 6. The molecule has 0 bridgehead atoms. The van der Waals surface area contributed by atoms with E-state index in [2.05, 4.69) is 29.1 Å². The second kappa shape index (κ2) is 7.63. The molecular formula is C11H19NO7Si. The van der Waals surface area contributed by atoms with Gasteiger partial charge in [0.1, 0.15) is 0 Å². The minimum Gasteiger partial charge on any atom is -0.449 e. The predicted molar refractivity (Wildman–Crippen MR) is 71.8 cm³/mol. The van der Waals surface area contributed by atoms with Crippen LogP contribution in [0.5, 0.6) is 0 Å². The van der Waals surface area contributed by atoms with Gasteiger partial charge in [-0.2, -0.15) is 0 Å². The summed E-state index contributed by atoms with van der Waals surface area (Å²) in [5.41, 5.74) is 0. The molecule has 0 aromatic carbocycles. The van der Waals surface area contributed by atoms with Crippen molar-refractivity contribution in [3.8, 4) is 0 Å². The summed E-state index contributed by atoms with van der Waals surface area (Å²) in [6.45, 7) is 6.23. The highest BCUT2D eigenvalue weighted by Gasteiger charge is 2.27. The quantitative estimate of drug-likeness (QED) is 0.226. The van der Waals surface area contributed by atoms with Gasteiger partial charge in [-0.05, 0) is 6.42 Å². The van der Waals surface area contributed by atoms with Gasteiger partial charge < -0.3 is 19.7 Å². The number of carbonyl (C=O) groups excluding carboxylic acids is 1. The lowest BCUT2D eigenvalue weighted by atomic mass is 10.0. The van der Waals surface area contributed by atoms with Crippen LogP contribution in [-0.2, 0) is 14.3 Å². The minimum absolute atomic E-state index is 0.303. The fraction of sp³-hybridized carbons (Fsp3) is 0.636. The summed E-state index contributed by atoms with van der Waals surface area (Å²) in [7, 11) is -1.47. The van der Waals surface area contributed by atoms with E-state index in [9.17, 15) is 14.4 Å². The van der Waals surface area contributed by atoms with Crippen molar-refractivity contribution in [1.29, 1.82) is 5.41 Å². The number of carbonyl (C=O) groups is 3. The van der Waals surface area contributed by atoms with Gasteiger partial charge in [0.2, 0.25) is 0 Å². The van der Waals surface area contributed by atoms with Crippen molar-refractivity contribution in [2.45, 2.75) is 38.5 Å². The molecular weight excluding hydrogens is 286 g/mol. The Morgan fingerprint density at radius 3 is 2.00 bits per heavy atom. The van der Waals surface area contributed by atoms with Crippen molar-refractivity contribution in [3.05, 3.63) is 0 Å². The SMILES string of the molecule is C[Si](C)(C)CCC(CC(=N)OC(=O)O)C(=O)OC(=O)O. The number of nitrogens with one attached hydrogen (secondary N) is 1. The molecule has 0 saturated carbocycles. The van der Waals surface area contributed by atoms with E-state index in [1.54, 1.807) is 0 Å². The zero-order valence-electron chi connectivity index (χ0n) is 11.6. The van der Waals surface area contributed by atoms with E-state index in [0.717, 1.165) is 0 Å².